The first-order valence-electron chi connectivity index (χ1n) is 7.59. The Balaban J connectivity index is 1.73. The largest absolute Gasteiger partial charge is 0.329 e. The van der Waals surface area contributed by atoms with E-state index in [-0.39, 0.29) is 5.54 Å². The molecule has 5 nitrogen and oxygen atoms in total. The minimum atomic E-state index is 0.211. The second-order valence-corrected chi connectivity index (χ2v) is 6.14. The number of hydrogen-bond donors (Lipinski definition) is 1. The van der Waals surface area contributed by atoms with Crippen molar-refractivity contribution >= 4 is 0 Å². The average Bonchev–Trinajstić information content (AvgIpc) is 2.94. The van der Waals surface area contributed by atoms with E-state index in [9.17, 15) is 0 Å². The molecule has 2 heterocycles. The third-order valence-corrected chi connectivity index (χ3v) is 5.30. The fraction of sp³-hybridized carbons (Fsp3) is 0.857. The lowest BCUT2D eigenvalue weighted by Gasteiger charge is -2.48. The fourth-order valence-electron chi connectivity index (χ4n) is 3.74. The van der Waals surface area contributed by atoms with E-state index in [2.05, 4.69) is 26.6 Å². The SMILES string of the molecule is CCC1CCC(CN)(N2CCn3cnnc3C2)CC1. The van der Waals surface area contributed by atoms with Gasteiger partial charge in [0, 0.05) is 25.2 Å². The van der Waals surface area contributed by atoms with Crippen LogP contribution in [-0.2, 0) is 13.1 Å². The molecule has 0 amide bonds. The average molecular weight is 263 g/mol. The van der Waals surface area contributed by atoms with Gasteiger partial charge in [0.05, 0.1) is 6.54 Å². The summed E-state index contributed by atoms with van der Waals surface area (Å²) in [7, 11) is 0. The van der Waals surface area contributed by atoms with E-state index in [1.54, 1.807) is 0 Å². The van der Waals surface area contributed by atoms with Crippen LogP contribution < -0.4 is 5.73 Å². The Hall–Kier alpha value is -0.940. The Labute approximate surface area is 115 Å². The summed E-state index contributed by atoms with van der Waals surface area (Å²) in [5, 5.41) is 8.24. The molecule has 106 valence electrons. The van der Waals surface area contributed by atoms with Crippen LogP contribution in [0.15, 0.2) is 6.33 Å². The number of aromatic nitrogens is 3. The monoisotopic (exact) mass is 263 g/mol. The predicted octanol–water partition coefficient (Wildman–Crippen LogP) is 1.39. The maximum absolute atomic E-state index is 6.17. The van der Waals surface area contributed by atoms with Crippen molar-refractivity contribution in [1.82, 2.24) is 19.7 Å². The molecule has 2 N–H and O–H groups in total. The van der Waals surface area contributed by atoms with Crippen LogP contribution in [-0.4, -0.2) is 38.3 Å². The smallest absolute Gasteiger partial charge is 0.147 e. The highest BCUT2D eigenvalue weighted by molar-refractivity contribution is 5.00. The van der Waals surface area contributed by atoms with Crippen LogP contribution in [0.25, 0.3) is 0 Å². The molecule has 1 saturated carbocycles. The normalized spacial score (nSPS) is 32.2. The summed E-state index contributed by atoms with van der Waals surface area (Å²) < 4.78 is 2.17. The summed E-state index contributed by atoms with van der Waals surface area (Å²) in [4.78, 5) is 2.57. The molecular formula is C14H25N5. The molecule has 0 radical (unpaired) electrons. The van der Waals surface area contributed by atoms with Crippen LogP contribution in [0, 0.1) is 5.92 Å². The van der Waals surface area contributed by atoms with E-state index in [0.29, 0.717) is 0 Å². The molecule has 1 aliphatic heterocycles. The molecule has 0 spiro atoms. The van der Waals surface area contributed by atoms with Crippen molar-refractivity contribution in [3.63, 3.8) is 0 Å². The summed E-state index contributed by atoms with van der Waals surface area (Å²) in [5.41, 5.74) is 6.38. The number of rotatable bonds is 3. The standard InChI is InChI=1S/C14H25N5/c1-2-12-3-5-14(10-15,6-4-12)19-8-7-18-11-16-17-13(18)9-19/h11-12H,2-10,15H2,1H3. The second kappa shape index (κ2) is 5.21. The number of fused-ring (bicyclic) bond motifs is 1. The Kier molecular flexibility index (Phi) is 3.58. The number of nitrogens with two attached hydrogens (primary N) is 1. The van der Waals surface area contributed by atoms with Crippen LogP contribution in [0.5, 0.6) is 0 Å². The number of nitrogens with zero attached hydrogens (tertiary/aromatic N) is 4. The van der Waals surface area contributed by atoms with Crippen molar-refractivity contribution in [3.8, 4) is 0 Å². The van der Waals surface area contributed by atoms with Gasteiger partial charge in [0.2, 0.25) is 0 Å². The molecule has 2 aliphatic rings. The van der Waals surface area contributed by atoms with Crippen LogP contribution in [0.1, 0.15) is 44.9 Å². The van der Waals surface area contributed by atoms with Gasteiger partial charge in [-0.25, -0.2) is 0 Å². The van der Waals surface area contributed by atoms with Crippen molar-refractivity contribution in [2.75, 3.05) is 13.1 Å². The quantitative estimate of drug-likeness (QED) is 0.895. The molecule has 3 rings (SSSR count). The van der Waals surface area contributed by atoms with Crippen LogP contribution in [0.2, 0.25) is 0 Å². The maximum atomic E-state index is 6.17. The Bertz CT molecular complexity index is 419. The van der Waals surface area contributed by atoms with Gasteiger partial charge >= 0.3 is 0 Å². The van der Waals surface area contributed by atoms with Gasteiger partial charge in [-0.05, 0) is 31.6 Å². The van der Waals surface area contributed by atoms with Crippen molar-refractivity contribution in [3.05, 3.63) is 12.2 Å². The third kappa shape index (κ3) is 2.30. The molecule has 1 aromatic heterocycles. The van der Waals surface area contributed by atoms with E-state index >= 15 is 0 Å². The van der Waals surface area contributed by atoms with E-state index in [1.807, 2.05) is 6.33 Å². The van der Waals surface area contributed by atoms with E-state index < -0.39 is 0 Å². The topological polar surface area (TPSA) is 60.0 Å². The van der Waals surface area contributed by atoms with Gasteiger partial charge in [-0.1, -0.05) is 13.3 Å². The highest BCUT2D eigenvalue weighted by Gasteiger charge is 2.40. The molecule has 0 atom stereocenters. The molecule has 0 saturated heterocycles. The van der Waals surface area contributed by atoms with Crippen molar-refractivity contribution in [2.24, 2.45) is 11.7 Å². The van der Waals surface area contributed by atoms with E-state index in [0.717, 1.165) is 37.9 Å². The molecule has 0 unspecified atom stereocenters. The second-order valence-electron chi connectivity index (χ2n) is 6.14. The molecule has 0 aromatic carbocycles. The van der Waals surface area contributed by atoms with Gasteiger partial charge in [0.25, 0.3) is 0 Å². The van der Waals surface area contributed by atoms with Crippen LogP contribution >= 0.6 is 0 Å². The maximum Gasteiger partial charge on any atom is 0.147 e. The fourth-order valence-corrected chi connectivity index (χ4v) is 3.74. The first-order chi connectivity index (χ1) is 9.27. The first kappa shape index (κ1) is 13.1. The zero-order chi connectivity index (χ0) is 13.3. The highest BCUT2D eigenvalue weighted by atomic mass is 15.3. The van der Waals surface area contributed by atoms with Gasteiger partial charge in [0.15, 0.2) is 0 Å². The summed E-state index contributed by atoms with van der Waals surface area (Å²) in [6, 6.07) is 0. The number of hydrogen-bond acceptors (Lipinski definition) is 4. The van der Waals surface area contributed by atoms with Gasteiger partial charge in [-0.15, -0.1) is 10.2 Å². The lowest BCUT2D eigenvalue weighted by Crippen LogP contribution is -2.57. The molecule has 5 heteroatoms. The van der Waals surface area contributed by atoms with Crippen LogP contribution in [0.4, 0.5) is 0 Å². The molecule has 0 bridgehead atoms. The van der Waals surface area contributed by atoms with Crippen molar-refractivity contribution in [1.29, 1.82) is 0 Å². The van der Waals surface area contributed by atoms with Gasteiger partial charge in [-0.3, -0.25) is 4.90 Å². The summed E-state index contributed by atoms with van der Waals surface area (Å²) >= 11 is 0. The van der Waals surface area contributed by atoms with Gasteiger partial charge < -0.3 is 10.3 Å². The third-order valence-electron chi connectivity index (χ3n) is 5.30. The molecule has 1 fully saturated rings. The van der Waals surface area contributed by atoms with Gasteiger partial charge in [-0.2, -0.15) is 0 Å². The molecule has 1 aliphatic carbocycles. The van der Waals surface area contributed by atoms with Crippen molar-refractivity contribution in [2.45, 2.75) is 57.7 Å². The summed E-state index contributed by atoms with van der Waals surface area (Å²) in [5.74, 6) is 2.00. The first-order valence-corrected chi connectivity index (χ1v) is 7.59. The lowest BCUT2D eigenvalue weighted by atomic mass is 9.74. The lowest BCUT2D eigenvalue weighted by molar-refractivity contribution is 0.0194. The predicted molar refractivity (Wildman–Crippen MR) is 74.5 cm³/mol. The molecular weight excluding hydrogens is 238 g/mol. The minimum absolute atomic E-state index is 0.211. The van der Waals surface area contributed by atoms with E-state index in [4.69, 9.17) is 5.73 Å². The Morgan fingerprint density at radius 2 is 2.16 bits per heavy atom. The van der Waals surface area contributed by atoms with Gasteiger partial charge in [0.1, 0.15) is 12.2 Å². The Morgan fingerprint density at radius 3 is 2.84 bits per heavy atom. The Morgan fingerprint density at radius 1 is 1.37 bits per heavy atom. The minimum Gasteiger partial charge on any atom is -0.329 e. The zero-order valence-electron chi connectivity index (χ0n) is 11.9. The molecule has 19 heavy (non-hydrogen) atoms. The summed E-state index contributed by atoms with van der Waals surface area (Å²) in [6.07, 6.45) is 8.31. The summed E-state index contributed by atoms with van der Waals surface area (Å²) in [6.45, 7) is 6.08. The zero-order valence-corrected chi connectivity index (χ0v) is 11.9. The van der Waals surface area contributed by atoms with Crippen molar-refractivity contribution < 1.29 is 0 Å². The van der Waals surface area contributed by atoms with Crippen LogP contribution in [0.3, 0.4) is 0 Å². The highest BCUT2D eigenvalue weighted by Crippen LogP contribution is 2.38. The molecule has 1 aromatic rings. The van der Waals surface area contributed by atoms with E-state index in [1.165, 1.54) is 32.1 Å².